The molecule has 0 saturated heterocycles. The van der Waals surface area contributed by atoms with Gasteiger partial charge in [-0.15, -0.1) is 0 Å². The van der Waals surface area contributed by atoms with E-state index in [1.807, 2.05) is 0 Å². The van der Waals surface area contributed by atoms with E-state index in [9.17, 15) is 9.59 Å². The fourth-order valence-electron chi connectivity index (χ4n) is 2.12. The zero-order valence-corrected chi connectivity index (χ0v) is 23.7. The van der Waals surface area contributed by atoms with Crippen LogP contribution < -0.4 is 127 Å². The van der Waals surface area contributed by atoms with Crippen LogP contribution in [-0.4, -0.2) is 45.8 Å². The second-order valence-electron chi connectivity index (χ2n) is 5.02. The molecule has 150 valence electrons. The summed E-state index contributed by atoms with van der Waals surface area (Å²) in [7, 11) is 4.27. The van der Waals surface area contributed by atoms with Gasteiger partial charge in [0.05, 0.1) is 26.9 Å². The Morgan fingerprint density at radius 1 is 0.833 bits per heavy atom. The molecule has 0 N–H and O–H groups in total. The van der Waals surface area contributed by atoms with Crippen molar-refractivity contribution in [2.45, 2.75) is 0 Å². The standard InChI is InChI=1S/C18H18O6.CH2O3.2K/c1-21-12-8-9-16(22-2)14(10-12)15(19)11-24-17-7-5-4-6-13(17)18(20)23-3;2-1(3)4;;/h4-10H,11H2,1-3H3;(H2,2,3,4);;/q;;2*+1/p-2. The molecule has 0 aromatic heterocycles. The first kappa shape index (κ1) is 31.7. The van der Waals surface area contributed by atoms with E-state index < -0.39 is 12.1 Å². The van der Waals surface area contributed by atoms with Gasteiger partial charge in [0.1, 0.15) is 22.8 Å². The number of hydrogen-bond donors (Lipinski definition) is 0. The van der Waals surface area contributed by atoms with E-state index in [-0.39, 0.29) is 126 Å². The molecule has 0 heterocycles. The van der Waals surface area contributed by atoms with Gasteiger partial charge in [-0.3, -0.25) is 4.79 Å². The Hall–Kier alpha value is -0.477. The van der Waals surface area contributed by atoms with E-state index >= 15 is 0 Å². The third kappa shape index (κ3) is 10.7. The quantitative estimate of drug-likeness (QED) is 0.221. The minimum atomic E-state index is -2.33. The van der Waals surface area contributed by atoms with Crippen LogP contribution in [0.5, 0.6) is 17.2 Å². The second-order valence-corrected chi connectivity index (χ2v) is 5.02. The first-order valence-electron chi connectivity index (χ1n) is 7.77. The van der Waals surface area contributed by atoms with Crippen LogP contribution in [0, 0.1) is 0 Å². The Kier molecular flexibility index (Phi) is 18.1. The number of carbonyl (C=O) groups excluding carboxylic acids is 3. The first-order chi connectivity index (χ1) is 13.3. The summed E-state index contributed by atoms with van der Waals surface area (Å²) in [6, 6.07) is 11.5. The number of carbonyl (C=O) groups is 3. The molecule has 0 fully saturated rings. The largest absolute Gasteiger partial charge is 1.00 e. The molecule has 0 aliphatic rings. The molecule has 0 bridgehead atoms. The van der Waals surface area contributed by atoms with Crippen molar-refractivity contribution in [1.82, 2.24) is 0 Å². The van der Waals surface area contributed by atoms with Gasteiger partial charge in [0, 0.05) is 0 Å². The number of esters is 1. The smallest absolute Gasteiger partial charge is 0.652 e. The van der Waals surface area contributed by atoms with Crippen LogP contribution in [-0.2, 0) is 4.74 Å². The number of methoxy groups -OCH3 is 3. The van der Waals surface area contributed by atoms with Gasteiger partial charge in [-0.1, -0.05) is 12.1 Å². The fraction of sp³-hybridized carbons (Fsp3) is 0.211. The number of hydrogen-bond acceptors (Lipinski definition) is 9. The van der Waals surface area contributed by atoms with Crippen LogP contribution in [0.4, 0.5) is 4.79 Å². The molecule has 11 heteroatoms. The number of rotatable bonds is 7. The molecule has 0 aliphatic carbocycles. The zero-order valence-electron chi connectivity index (χ0n) is 17.4. The minimum absolute atomic E-state index is 0. The Morgan fingerprint density at radius 3 is 1.97 bits per heavy atom. The van der Waals surface area contributed by atoms with Crippen LogP contribution in [0.2, 0.25) is 0 Å². The average Bonchev–Trinajstić information content (AvgIpc) is 2.70. The van der Waals surface area contributed by atoms with Crippen molar-refractivity contribution < 1.29 is 146 Å². The Bertz CT molecular complexity index is 837. The van der Waals surface area contributed by atoms with Crippen molar-refractivity contribution >= 4 is 17.9 Å². The number of Topliss-reactive ketones (excluding diaryl/α,β-unsaturated/α-hetero) is 1. The van der Waals surface area contributed by atoms with Crippen LogP contribution >= 0.6 is 0 Å². The minimum Gasteiger partial charge on any atom is -0.652 e. The summed E-state index contributed by atoms with van der Waals surface area (Å²) >= 11 is 0. The maximum atomic E-state index is 12.4. The van der Waals surface area contributed by atoms with E-state index in [4.69, 9.17) is 34.0 Å². The molecular weight excluding hydrogens is 450 g/mol. The SMILES string of the molecule is COC(=O)c1ccccc1OCC(=O)c1cc(OC)ccc1OC.O=C([O-])[O-].[K+].[K+]. The number of benzene rings is 2. The van der Waals surface area contributed by atoms with E-state index in [2.05, 4.69) is 0 Å². The van der Waals surface area contributed by atoms with Gasteiger partial charge >= 0.3 is 109 Å². The third-order valence-electron chi connectivity index (χ3n) is 3.36. The predicted molar refractivity (Wildman–Crippen MR) is 92.5 cm³/mol. The summed E-state index contributed by atoms with van der Waals surface area (Å²) in [5.41, 5.74) is 0.595. The number of ketones is 1. The van der Waals surface area contributed by atoms with Gasteiger partial charge in [-0.25, -0.2) is 4.79 Å². The maximum absolute atomic E-state index is 12.4. The van der Waals surface area contributed by atoms with E-state index in [1.165, 1.54) is 21.3 Å². The normalized spacial score (nSPS) is 8.77. The van der Waals surface area contributed by atoms with E-state index in [1.54, 1.807) is 42.5 Å². The number of carboxylic acid groups (broad SMARTS) is 2. The van der Waals surface area contributed by atoms with Crippen LogP contribution in [0.1, 0.15) is 20.7 Å². The summed E-state index contributed by atoms with van der Waals surface area (Å²) in [5.74, 6) is 0.404. The molecule has 0 atom stereocenters. The summed E-state index contributed by atoms with van der Waals surface area (Å²) in [5, 5.41) is 16.7. The molecule has 30 heavy (non-hydrogen) atoms. The number of ether oxygens (including phenoxy) is 4. The maximum Gasteiger partial charge on any atom is 1.00 e. The van der Waals surface area contributed by atoms with Gasteiger partial charge in [0.15, 0.2) is 6.61 Å². The van der Waals surface area contributed by atoms with Gasteiger partial charge in [0.25, 0.3) is 0 Å². The molecule has 0 radical (unpaired) electrons. The van der Waals surface area contributed by atoms with Gasteiger partial charge in [0.2, 0.25) is 5.78 Å². The van der Waals surface area contributed by atoms with Gasteiger partial charge in [-0.05, 0) is 36.5 Å². The number of para-hydroxylation sites is 1. The molecule has 0 spiro atoms. The molecule has 0 saturated carbocycles. The molecule has 2 rings (SSSR count). The van der Waals surface area contributed by atoms with Crippen molar-refractivity contribution in [3.63, 3.8) is 0 Å². The zero-order chi connectivity index (χ0) is 21.1. The van der Waals surface area contributed by atoms with E-state index in [0.29, 0.717) is 17.1 Å². The third-order valence-corrected chi connectivity index (χ3v) is 3.36. The van der Waals surface area contributed by atoms with Crippen LogP contribution in [0.3, 0.4) is 0 Å². The van der Waals surface area contributed by atoms with E-state index in [0.717, 1.165) is 0 Å². The Morgan fingerprint density at radius 2 is 1.43 bits per heavy atom. The van der Waals surface area contributed by atoms with Crippen LogP contribution in [0.25, 0.3) is 0 Å². The van der Waals surface area contributed by atoms with Crippen LogP contribution in [0.15, 0.2) is 42.5 Å². The molecule has 9 nitrogen and oxygen atoms in total. The predicted octanol–water partition coefficient (Wildman–Crippen LogP) is -5.69. The van der Waals surface area contributed by atoms with Gasteiger partial charge < -0.3 is 34.0 Å². The van der Waals surface area contributed by atoms with Crippen molar-refractivity contribution in [2.75, 3.05) is 27.9 Å². The summed E-state index contributed by atoms with van der Waals surface area (Å²) in [6.45, 7) is -0.252. The monoisotopic (exact) mass is 468 g/mol. The van der Waals surface area contributed by atoms with Crippen molar-refractivity contribution in [3.8, 4) is 17.2 Å². The molecule has 2 aromatic rings. The summed E-state index contributed by atoms with van der Waals surface area (Å²) in [4.78, 5) is 32.5. The molecular formula is C19H18K2O9. The molecule has 0 unspecified atom stereocenters. The van der Waals surface area contributed by atoms with Crippen molar-refractivity contribution in [1.29, 1.82) is 0 Å². The fourth-order valence-corrected chi connectivity index (χ4v) is 2.12. The second kappa shape index (κ2) is 17.1. The van der Waals surface area contributed by atoms with Gasteiger partial charge in [-0.2, -0.15) is 0 Å². The molecule has 0 amide bonds. The summed E-state index contributed by atoms with van der Waals surface area (Å²) < 4.78 is 20.5. The molecule has 0 aliphatic heterocycles. The Labute approximate surface area is 258 Å². The average molecular weight is 469 g/mol. The van der Waals surface area contributed by atoms with Crippen molar-refractivity contribution in [2.24, 2.45) is 0 Å². The first-order valence-corrected chi connectivity index (χ1v) is 7.77. The topological polar surface area (TPSA) is 134 Å². The Balaban J connectivity index is 0. The summed E-state index contributed by atoms with van der Waals surface area (Å²) in [6.07, 6.45) is -2.33. The van der Waals surface area contributed by atoms with Crippen molar-refractivity contribution in [3.05, 3.63) is 53.6 Å². The molecule has 2 aromatic carbocycles.